The Kier molecular flexibility index (Phi) is 4.96. The van der Waals surface area contributed by atoms with Gasteiger partial charge in [0.2, 0.25) is 11.8 Å². The number of anilines is 1. The maximum atomic E-state index is 13.1. The van der Waals surface area contributed by atoms with Crippen LogP contribution in [-0.4, -0.2) is 28.8 Å². The van der Waals surface area contributed by atoms with Crippen molar-refractivity contribution in [1.82, 2.24) is 4.98 Å². The third-order valence-electron chi connectivity index (χ3n) is 6.91. The molecule has 2 fully saturated rings. The van der Waals surface area contributed by atoms with E-state index in [0.29, 0.717) is 22.8 Å². The summed E-state index contributed by atoms with van der Waals surface area (Å²) in [6.07, 6.45) is 5.09. The molecule has 2 amide bonds. The number of nitro groups is 1. The number of nitro benzene ring substituents is 1. The maximum absolute atomic E-state index is 13.1. The molecule has 2 heterocycles. The number of fused-ring (bicyclic) bond motifs is 6. The normalized spacial score (nSPS) is 24.9. The summed E-state index contributed by atoms with van der Waals surface area (Å²) < 4.78 is 7.01. The number of thiazole rings is 1. The Morgan fingerprint density at radius 2 is 1.88 bits per heavy atom. The number of amides is 2. The maximum Gasteiger partial charge on any atom is 0.270 e. The molecule has 34 heavy (non-hydrogen) atoms. The Morgan fingerprint density at radius 3 is 2.56 bits per heavy atom. The number of rotatable bonds is 6. The number of methoxy groups -OCH3 is 1. The van der Waals surface area contributed by atoms with Gasteiger partial charge in [-0.05, 0) is 42.5 Å². The lowest BCUT2D eigenvalue weighted by molar-refractivity contribution is -0.384. The number of non-ortho nitro benzene ring substituents is 1. The molecule has 1 aromatic heterocycles. The highest BCUT2D eigenvalue weighted by molar-refractivity contribution is 8.00. The molecular formula is C24H19N3O5S2. The number of benzene rings is 2. The molecule has 0 unspecified atom stereocenters. The van der Waals surface area contributed by atoms with Gasteiger partial charge < -0.3 is 4.74 Å². The van der Waals surface area contributed by atoms with Crippen LogP contribution in [-0.2, 0) is 15.3 Å². The summed E-state index contributed by atoms with van der Waals surface area (Å²) in [6, 6.07) is 10.0. The minimum atomic E-state index is -0.427. The number of aromatic nitrogens is 1. The van der Waals surface area contributed by atoms with Crippen molar-refractivity contribution in [2.24, 2.45) is 23.7 Å². The van der Waals surface area contributed by atoms with Crippen molar-refractivity contribution in [3.05, 3.63) is 64.2 Å². The van der Waals surface area contributed by atoms with E-state index in [2.05, 4.69) is 17.1 Å². The Labute approximate surface area is 202 Å². The van der Waals surface area contributed by atoms with Crippen molar-refractivity contribution >= 4 is 56.5 Å². The van der Waals surface area contributed by atoms with Gasteiger partial charge in [0.05, 0.1) is 39.8 Å². The van der Waals surface area contributed by atoms with Crippen molar-refractivity contribution < 1.29 is 19.2 Å². The Hall–Kier alpha value is -3.24. The third-order valence-corrected chi connectivity index (χ3v) is 9.12. The fourth-order valence-corrected chi connectivity index (χ4v) is 7.46. The molecule has 3 aliphatic rings. The second-order valence-corrected chi connectivity index (χ2v) is 10.9. The van der Waals surface area contributed by atoms with E-state index in [0.717, 1.165) is 21.0 Å². The first kappa shape index (κ1) is 21.3. The van der Waals surface area contributed by atoms with Crippen LogP contribution < -0.4 is 9.64 Å². The molecule has 2 bridgehead atoms. The van der Waals surface area contributed by atoms with Gasteiger partial charge in [-0.2, -0.15) is 0 Å². The average molecular weight is 494 g/mol. The van der Waals surface area contributed by atoms with Crippen LogP contribution in [0.1, 0.15) is 12.0 Å². The van der Waals surface area contributed by atoms with Gasteiger partial charge in [-0.1, -0.05) is 23.9 Å². The number of allylic oxidation sites excluding steroid dienone is 2. The number of thioether (sulfide) groups is 1. The highest BCUT2D eigenvalue weighted by Gasteiger charge is 2.59. The van der Waals surface area contributed by atoms with Crippen molar-refractivity contribution in [2.45, 2.75) is 16.5 Å². The van der Waals surface area contributed by atoms with Gasteiger partial charge in [0, 0.05) is 23.4 Å². The van der Waals surface area contributed by atoms with E-state index in [4.69, 9.17) is 4.74 Å². The van der Waals surface area contributed by atoms with Gasteiger partial charge in [0.15, 0.2) is 4.34 Å². The Morgan fingerprint density at radius 1 is 1.15 bits per heavy atom. The minimum absolute atomic E-state index is 0.0127. The lowest BCUT2D eigenvalue weighted by Gasteiger charge is -2.17. The zero-order valence-electron chi connectivity index (χ0n) is 18.0. The molecule has 0 spiro atoms. The number of carbonyl (C=O) groups is 2. The molecular weight excluding hydrogens is 474 g/mol. The molecule has 10 heteroatoms. The fourth-order valence-electron chi connectivity index (χ4n) is 5.38. The summed E-state index contributed by atoms with van der Waals surface area (Å²) in [5, 5.41) is 11.1. The lowest BCUT2D eigenvalue weighted by Crippen LogP contribution is -2.32. The summed E-state index contributed by atoms with van der Waals surface area (Å²) in [4.78, 5) is 42.9. The number of imide groups is 1. The summed E-state index contributed by atoms with van der Waals surface area (Å²) in [7, 11) is 1.53. The number of hydrogen-bond donors (Lipinski definition) is 0. The lowest BCUT2D eigenvalue weighted by atomic mass is 9.85. The van der Waals surface area contributed by atoms with Crippen molar-refractivity contribution in [1.29, 1.82) is 0 Å². The van der Waals surface area contributed by atoms with Crippen LogP contribution in [0.5, 0.6) is 5.75 Å². The molecule has 0 N–H and O–H groups in total. The van der Waals surface area contributed by atoms with E-state index in [1.807, 2.05) is 12.1 Å². The first-order valence-electron chi connectivity index (χ1n) is 10.9. The first-order valence-corrected chi connectivity index (χ1v) is 12.7. The first-order chi connectivity index (χ1) is 16.4. The number of hydrogen-bond acceptors (Lipinski definition) is 8. The molecule has 4 atom stereocenters. The third kappa shape index (κ3) is 3.24. The standard InChI is InChI=1S/C24H19N3O5S2/c1-32-18-7-5-16(27(30)31)9-14(18)11-33-24-25-17-6-4-15(10-19(17)34-24)26-22(28)20-12-2-3-13(8-12)21(20)23(26)29/h2-7,9-10,12-13,20-21H,8,11H2,1H3/t12-,13-,20-,21-/m0/s1. The van der Waals surface area contributed by atoms with Gasteiger partial charge in [0.1, 0.15) is 5.75 Å². The van der Waals surface area contributed by atoms with E-state index in [-0.39, 0.29) is 41.2 Å². The van der Waals surface area contributed by atoms with Gasteiger partial charge in [-0.15, -0.1) is 11.3 Å². The van der Waals surface area contributed by atoms with Gasteiger partial charge in [0.25, 0.3) is 5.69 Å². The predicted molar refractivity (Wildman–Crippen MR) is 129 cm³/mol. The Balaban J connectivity index is 1.24. The van der Waals surface area contributed by atoms with Crippen LogP contribution in [0.2, 0.25) is 0 Å². The monoisotopic (exact) mass is 493 g/mol. The summed E-state index contributed by atoms with van der Waals surface area (Å²) in [6.45, 7) is 0. The van der Waals surface area contributed by atoms with E-state index in [9.17, 15) is 19.7 Å². The molecule has 1 aliphatic heterocycles. The molecule has 2 aliphatic carbocycles. The van der Waals surface area contributed by atoms with Crippen LogP contribution in [0.4, 0.5) is 11.4 Å². The average Bonchev–Trinajstić information content (AvgIpc) is 3.59. The predicted octanol–water partition coefficient (Wildman–Crippen LogP) is 4.82. The molecule has 1 saturated carbocycles. The van der Waals surface area contributed by atoms with Gasteiger partial charge in [-0.3, -0.25) is 19.7 Å². The van der Waals surface area contributed by atoms with E-state index < -0.39 is 4.92 Å². The summed E-state index contributed by atoms with van der Waals surface area (Å²) >= 11 is 2.93. The van der Waals surface area contributed by atoms with E-state index >= 15 is 0 Å². The zero-order valence-corrected chi connectivity index (χ0v) is 19.7. The van der Waals surface area contributed by atoms with E-state index in [1.54, 1.807) is 12.1 Å². The van der Waals surface area contributed by atoms with Crippen LogP contribution in [0.15, 0.2) is 52.9 Å². The summed E-state index contributed by atoms with van der Waals surface area (Å²) in [5.74, 6) is 0.758. The number of ether oxygens (including phenoxy) is 1. The topological polar surface area (TPSA) is 103 Å². The minimum Gasteiger partial charge on any atom is -0.496 e. The van der Waals surface area contributed by atoms with Gasteiger partial charge in [-0.25, -0.2) is 9.88 Å². The largest absolute Gasteiger partial charge is 0.496 e. The second-order valence-electron chi connectivity index (χ2n) is 8.69. The molecule has 6 rings (SSSR count). The smallest absolute Gasteiger partial charge is 0.270 e. The van der Waals surface area contributed by atoms with E-state index in [1.165, 1.54) is 47.2 Å². The Bertz CT molecular complexity index is 1370. The zero-order chi connectivity index (χ0) is 23.6. The van der Waals surface area contributed by atoms with Crippen molar-refractivity contribution in [3.63, 3.8) is 0 Å². The van der Waals surface area contributed by atoms with Crippen LogP contribution in [0.25, 0.3) is 10.2 Å². The molecule has 8 nitrogen and oxygen atoms in total. The molecule has 0 radical (unpaired) electrons. The van der Waals surface area contributed by atoms with Crippen molar-refractivity contribution in [3.8, 4) is 5.75 Å². The second kappa shape index (κ2) is 7.92. The van der Waals surface area contributed by atoms with Crippen LogP contribution in [0.3, 0.4) is 0 Å². The van der Waals surface area contributed by atoms with Crippen LogP contribution in [0, 0.1) is 33.8 Å². The van der Waals surface area contributed by atoms with Gasteiger partial charge >= 0.3 is 0 Å². The summed E-state index contributed by atoms with van der Waals surface area (Å²) in [5.41, 5.74) is 2.10. The highest BCUT2D eigenvalue weighted by Crippen LogP contribution is 2.53. The molecule has 3 aromatic rings. The number of nitrogens with zero attached hydrogens (tertiary/aromatic N) is 3. The van der Waals surface area contributed by atoms with Crippen LogP contribution >= 0.6 is 23.1 Å². The highest BCUT2D eigenvalue weighted by atomic mass is 32.2. The van der Waals surface area contributed by atoms with Crippen molar-refractivity contribution in [2.75, 3.05) is 12.0 Å². The quantitative estimate of drug-likeness (QED) is 0.159. The SMILES string of the molecule is COc1ccc([N+](=O)[O-])cc1CSc1nc2ccc(N3C(=O)[C@@H]4[C@@H](C3=O)[C@H]3C=C[C@H]4C3)cc2s1. The number of carbonyl (C=O) groups excluding carboxylic acids is 2. The molecule has 1 saturated heterocycles. The fraction of sp³-hybridized carbons (Fsp3) is 0.292. The molecule has 172 valence electrons. The molecule has 2 aromatic carbocycles.